The summed E-state index contributed by atoms with van der Waals surface area (Å²) >= 11 is 0. The van der Waals surface area contributed by atoms with E-state index in [1.165, 1.54) is 4.90 Å². The van der Waals surface area contributed by atoms with Gasteiger partial charge in [-0.05, 0) is 42.8 Å². The fraction of sp³-hybridized carbons (Fsp3) is 0.174. The third-order valence-corrected chi connectivity index (χ3v) is 4.83. The van der Waals surface area contributed by atoms with Gasteiger partial charge in [-0.25, -0.2) is 0 Å². The number of para-hydroxylation sites is 1. The van der Waals surface area contributed by atoms with Crippen molar-refractivity contribution >= 4 is 23.2 Å². The lowest BCUT2D eigenvalue weighted by Crippen LogP contribution is -2.39. The number of pyridine rings is 1. The number of carbonyl (C=O) groups excluding carboxylic acids is 2. The molecular weight excluding hydrogens is 366 g/mol. The summed E-state index contributed by atoms with van der Waals surface area (Å²) in [5.74, 6) is -0.506. The van der Waals surface area contributed by atoms with Crippen LogP contribution in [-0.2, 0) is 20.9 Å². The maximum Gasteiger partial charge on any atom is 0.253 e. The zero-order valence-electron chi connectivity index (χ0n) is 16.1. The first-order valence-corrected chi connectivity index (χ1v) is 9.40. The van der Waals surface area contributed by atoms with E-state index < -0.39 is 0 Å². The first kappa shape index (κ1) is 18.8. The number of fused-ring (bicyclic) bond motifs is 1. The van der Waals surface area contributed by atoms with Crippen molar-refractivity contribution in [1.82, 2.24) is 4.98 Å². The molecule has 29 heavy (non-hydrogen) atoms. The quantitative estimate of drug-likeness (QED) is 0.743. The summed E-state index contributed by atoms with van der Waals surface area (Å²) in [6, 6.07) is 18.9. The Morgan fingerprint density at radius 1 is 1.10 bits per heavy atom. The zero-order valence-corrected chi connectivity index (χ0v) is 16.1. The summed E-state index contributed by atoms with van der Waals surface area (Å²) < 4.78 is 5.41. The number of carbonyl (C=O) groups is 2. The van der Waals surface area contributed by atoms with Crippen molar-refractivity contribution in [3.8, 4) is 11.3 Å². The van der Waals surface area contributed by atoms with Crippen LogP contribution < -0.4 is 10.2 Å². The number of hydrogen-bond acceptors (Lipinski definition) is 4. The Kier molecular flexibility index (Phi) is 5.35. The highest BCUT2D eigenvalue weighted by atomic mass is 16.5. The monoisotopic (exact) mass is 387 g/mol. The number of amides is 2. The van der Waals surface area contributed by atoms with Gasteiger partial charge < -0.3 is 15.0 Å². The van der Waals surface area contributed by atoms with E-state index in [0.29, 0.717) is 18.0 Å². The number of nitrogens with zero attached hydrogens (tertiary/aromatic N) is 2. The Morgan fingerprint density at radius 3 is 2.76 bits per heavy atom. The molecule has 1 aliphatic heterocycles. The molecule has 146 valence electrons. The second-order valence-electron chi connectivity index (χ2n) is 6.89. The lowest BCUT2D eigenvalue weighted by molar-refractivity contribution is -0.124. The highest BCUT2D eigenvalue weighted by Crippen LogP contribution is 2.26. The van der Waals surface area contributed by atoms with Crippen LogP contribution in [0.15, 0.2) is 66.9 Å². The summed E-state index contributed by atoms with van der Waals surface area (Å²) in [5, 5.41) is 2.90. The van der Waals surface area contributed by atoms with Crippen LogP contribution in [0.5, 0.6) is 0 Å². The maximum absolute atomic E-state index is 12.7. The molecule has 0 aliphatic carbocycles. The van der Waals surface area contributed by atoms with Crippen LogP contribution in [0.4, 0.5) is 11.4 Å². The van der Waals surface area contributed by atoms with Gasteiger partial charge in [-0.1, -0.05) is 30.3 Å². The maximum atomic E-state index is 12.7. The van der Waals surface area contributed by atoms with E-state index in [1.807, 2.05) is 67.6 Å². The highest BCUT2D eigenvalue weighted by molar-refractivity contribution is 6.03. The van der Waals surface area contributed by atoms with E-state index >= 15 is 0 Å². The summed E-state index contributed by atoms with van der Waals surface area (Å²) in [6.45, 7) is 2.23. The number of ether oxygens (including phenoxy) is 1. The van der Waals surface area contributed by atoms with Gasteiger partial charge in [-0.2, -0.15) is 0 Å². The third-order valence-electron chi connectivity index (χ3n) is 4.83. The average Bonchev–Trinajstić information content (AvgIpc) is 2.89. The summed E-state index contributed by atoms with van der Waals surface area (Å²) in [6.07, 6.45) is 1.74. The van der Waals surface area contributed by atoms with E-state index in [9.17, 15) is 9.59 Å². The van der Waals surface area contributed by atoms with E-state index in [4.69, 9.17) is 4.74 Å². The van der Waals surface area contributed by atoms with E-state index in [2.05, 4.69) is 10.3 Å². The number of aromatic nitrogens is 1. The molecule has 0 radical (unpaired) electrons. The number of hydrogen-bond donors (Lipinski definition) is 1. The lowest BCUT2D eigenvalue weighted by atomic mass is 10.0. The minimum atomic E-state index is -0.272. The highest BCUT2D eigenvalue weighted by Gasteiger charge is 2.24. The van der Waals surface area contributed by atoms with Gasteiger partial charge in [0.05, 0.1) is 12.3 Å². The van der Waals surface area contributed by atoms with Crippen LogP contribution in [0.25, 0.3) is 11.3 Å². The standard InChI is InChI=1S/C23H21N3O3/c1-16-9-10-18(12-19(16)20-7-4-5-11-24-20)25-22(27)13-26-21-8-3-2-6-17(21)14-29-15-23(26)28/h2-12H,13-15H2,1H3,(H,25,27). The predicted octanol–water partition coefficient (Wildman–Crippen LogP) is 3.56. The van der Waals surface area contributed by atoms with Gasteiger partial charge in [0.25, 0.3) is 5.91 Å². The second-order valence-corrected chi connectivity index (χ2v) is 6.89. The minimum Gasteiger partial charge on any atom is -0.367 e. The van der Waals surface area contributed by atoms with Crippen LogP contribution in [0.2, 0.25) is 0 Å². The molecule has 0 fully saturated rings. The van der Waals surface area contributed by atoms with E-state index in [-0.39, 0.29) is 25.0 Å². The molecule has 0 bridgehead atoms. The van der Waals surface area contributed by atoms with E-state index in [0.717, 1.165) is 22.4 Å². The molecule has 2 amide bonds. The molecular formula is C23H21N3O3. The van der Waals surface area contributed by atoms with Gasteiger partial charge in [-0.15, -0.1) is 0 Å². The van der Waals surface area contributed by atoms with Gasteiger partial charge in [0.1, 0.15) is 13.2 Å². The van der Waals surface area contributed by atoms with Crippen molar-refractivity contribution in [2.45, 2.75) is 13.5 Å². The third kappa shape index (κ3) is 4.17. The van der Waals surface area contributed by atoms with Gasteiger partial charge in [0.15, 0.2) is 0 Å². The van der Waals surface area contributed by atoms with Crippen molar-refractivity contribution in [1.29, 1.82) is 0 Å². The number of aryl methyl sites for hydroxylation is 1. The Bertz CT molecular complexity index is 1050. The van der Waals surface area contributed by atoms with Crippen molar-refractivity contribution in [2.75, 3.05) is 23.4 Å². The van der Waals surface area contributed by atoms with Crippen LogP contribution in [0.1, 0.15) is 11.1 Å². The zero-order chi connectivity index (χ0) is 20.2. The smallest absolute Gasteiger partial charge is 0.253 e. The van der Waals surface area contributed by atoms with Gasteiger partial charge in [0, 0.05) is 28.7 Å². The Morgan fingerprint density at radius 2 is 1.93 bits per heavy atom. The van der Waals surface area contributed by atoms with Crippen molar-refractivity contribution in [2.24, 2.45) is 0 Å². The molecule has 2 aromatic carbocycles. The summed E-state index contributed by atoms with van der Waals surface area (Å²) in [5.41, 5.74) is 5.12. The fourth-order valence-electron chi connectivity index (χ4n) is 3.37. The first-order valence-electron chi connectivity index (χ1n) is 9.40. The molecule has 6 nitrogen and oxygen atoms in total. The average molecular weight is 387 g/mol. The minimum absolute atomic E-state index is 0.0453. The molecule has 6 heteroatoms. The number of rotatable bonds is 4. The van der Waals surface area contributed by atoms with E-state index in [1.54, 1.807) is 6.20 Å². The molecule has 2 heterocycles. The number of anilines is 2. The van der Waals surface area contributed by atoms with Gasteiger partial charge in [0.2, 0.25) is 5.91 Å². The molecule has 4 rings (SSSR count). The Hall–Kier alpha value is -3.51. The lowest BCUT2D eigenvalue weighted by Gasteiger charge is -2.22. The molecule has 0 saturated heterocycles. The Balaban J connectivity index is 1.54. The van der Waals surface area contributed by atoms with Crippen LogP contribution in [-0.4, -0.2) is 29.9 Å². The topological polar surface area (TPSA) is 71.5 Å². The Labute approximate surface area is 169 Å². The first-order chi connectivity index (χ1) is 14.1. The fourth-order valence-corrected chi connectivity index (χ4v) is 3.37. The largest absolute Gasteiger partial charge is 0.367 e. The number of benzene rings is 2. The molecule has 0 spiro atoms. The summed E-state index contributed by atoms with van der Waals surface area (Å²) in [7, 11) is 0. The molecule has 1 N–H and O–H groups in total. The molecule has 1 aliphatic rings. The molecule has 0 saturated carbocycles. The van der Waals surface area contributed by atoms with Crippen LogP contribution in [0, 0.1) is 6.92 Å². The van der Waals surface area contributed by atoms with Gasteiger partial charge >= 0.3 is 0 Å². The summed E-state index contributed by atoms with van der Waals surface area (Å²) in [4.78, 5) is 31.0. The van der Waals surface area contributed by atoms with Crippen LogP contribution in [0.3, 0.4) is 0 Å². The second kappa shape index (κ2) is 8.24. The van der Waals surface area contributed by atoms with Crippen molar-refractivity contribution in [3.63, 3.8) is 0 Å². The molecule has 1 aromatic heterocycles. The van der Waals surface area contributed by atoms with Crippen molar-refractivity contribution < 1.29 is 14.3 Å². The molecule has 0 unspecified atom stereocenters. The SMILES string of the molecule is Cc1ccc(NC(=O)CN2C(=O)COCc3ccccc32)cc1-c1ccccn1. The normalized spacial score (nSPS) is 13.6. The predicted molar refractivity (Wildman–Crippen MR) is 111 cm³/mol. The number of nitrogens with one attached hydrogen (secondary N) is 1. The van der Waals surface area contributed by atoms with Gasteiger partial charge in [-0.3, -0.25) is 14.6 Å². The molecule has 3 aromatic rings. The molecule has 0 atom stereocenters. The van der Waals surface area contributed by atoms with Crippen LogP contribution >= 0.6 is 0 Å². The van der Waals surface area contributed by atoms with Crippen molar-refractivity contribution in [3.05, 3.63) is 78.0 Å².